The molecule has 1 amide bonds. The number of piperidine rings is 1. The van der Waals surface area contributed by atoms with Crippen molar-refractivity contribution in [2.24, 2.45) is 0 Å². The van der Waals surface area contributed by atoms with Crippen LogP contribution in [-0.4, -0.2) is 40.0 Å². The fourth-order valence-corrected chi connectivity index (χ4v) is 3.65. The summed E-state index contributed by atoms with van der Waals surface area (Å²) in [5, 5.41) is 0. The maximum absolute atomic E-state index is 13.7. The van der Waals surface area contributed by atoms with Crippen molar-refractivity contribution in [1.82, 2.24) is 14.9 Å². The van der Waals surface area contributed by atoms with Crippen LogP contribution >= 0.6 is 0 Å². The van der Waals surface area contributed by atoms with Gasteiger partial charge in [0.15, 0.2) is 17.7 Å². The number of rotatable bonds is 4. The Morgan fingerprint density at radius 3 is 2.78 bits per heavy atom. The van der Waals surface area contributed by atoms with Gasteiger partial charge in [-0.05, 0) is 50.1 Å². The van der Waals surface area contributed by atoms with Crippen LogP contribution in [0.25, 0.3) is 11.0 Å². The quantitative estimate of drug-likeness (QED) is 0.761. The second kappa shape index (κ2) is 7.39. The van der Waals surface area contributed by atoms with Crippen LogP contribution in [-0.2, 0) is 4.79 Å². The highest BCUT2D eigenvalue weighted by Gasteiger charge is 2.28. The molecule has 1 fully saturated rings. The molecular weight excluding hydrogens is 345 g/mol. The van der Waals surface area contributed by atoms with E-state index in [0.717, 1.165) is 23.9 Å². The Morgan fingerprint density at radius 1 is 1.26 bits per heavy atom. The first-order chi connectivity index (χ1) is 13.1. The van der Waals surface area contributed by atoms with Gasteiger partial charge in [-0.3, -0.25) is 9.78 Å². The number of para-hydroxylation sites is 1. The first-order valence-electron chi connectivity index (χ1n) is 9.25. The van der Waals surface area contributed by atoms with Gasteiger partial charge >= 0.3 is 0 Å². The molecule has 1 saturated heterocycles. The lowest BCUT2D eigenvalue weighted by atomic mass is 9.93. The normalized spacial score (nSPS) is 16.4. The molecule has 6 heteroatoms. The maximum Gasteiger partial charge on any atom is 0.263 e. The van der Waals surface area contributed by atoms with Gasteiger partial charge in [-0.15, -0.1) is 0 Å². The van der Waals surface area contributed by atoms with Gasteiger partial charge in [0.1, 0.15) is 0 Å². The number of aromatic nitrogens is 2. The number of nitrogens with one attached hydrogen (secondary N) is 1. The summed E-state index contributed by atoms with van der Waals surface area (Å²) in [7, 11) is 0. The second-order valence-electron chi connectivity index (χ2n) is 6.95. The fraction of sp³-hybridized carbons (Fsp3) is 0.333. The molecule has 5 nitrogen and oxygen atoms in total. The number of likely N-dealkylation sites (tertiary alicyclic amines) is 1. The molecule has 4 rings (SSSR count). The fourth-order valence-electron chi connectivity index (χ4n) is 3.65. The Kier molecular flexibility index (Phi) is 4.79. The summed E-state index contributed by atoms with van der Waals surface area (Å²) < 4.78 is 19.3. The average molecular weight is 367 g/mol. The molecule has 1 atom stereocenters. The monoisotopic (exact) mass is 367 g/mol. The van der Waals surface area contributed by atoms with Crippen molar-refractivity contribution in [3.8, 4) is 5.75 Å². The number of hydrogen-bond donors (Lipinski definition) is 1. The van der Waals surface area contributed by atoms with E-state index in [4.69, 9.17) is 4.74 Å². The Labute approximate surface area is 157 Å². The molecule has 1 aliphatic heterocycles. The first-order valence-corrected chi connectivity index (χ1v) is 9.25. The van der Waals surface area contributed by atoms with E-state index in [0.29, 0.717) is 19.0 Å². The van der Waals surface area contributed by atoms with Gasteiger partial charge in [0.25, 0.3) is 5.91 Å². The van der Waals surface area contributed by atoms with Crippen LogP contribution in [0.15, 0.2) is 48.7 Å². The molecule has 0 bridgehead atoms. The number of carbonyl (C=O) groups excluding carboxylic acids is 1. The molecule has 1 aliphatic rings. The molecule has 3 heterocycles. The van der Waals surface area contributed by atoms with Crippen molar-refractivity contribution in [2.45, 2.75) is 31.8 Å². The zero-order chi connectivity index (χ0) is 18.8. The van der Waals surface area contributed by atoms with Crippen LogP contribution in [0.4, 0.5) is 4.39 Å². The van der Waals surface area contributed by atoms with Gasteiger partial charge in [0.2, 0.25) is 0 Å². The number of nitrogens with zero attached hydrogens (tertiary/aromatic N) is 2. The third kappa shape index (κ3) is 3.65. The van der Waals surface area contributed by atoms with Crippen molar-refractivity contribution in [3.05, 3.63) is 60.2 Å². The van der Waals surface area contributed by atoms with E-state index >= 15 is 0 Å². The second-order valence-corrected chi connectivity index (χ2v) is 6.95. The summed E-state index contributed by atoms with van der Waals surface area (Å²) in [4.78, 5) is 22.3. The van der Waals surface area contributed by atoms with Crippen molar-refractivity contribution in [1.29, 1.82) is 0 Å². The van der Waals surface area contributed by atoms with E-state index < -0.39 is 11.9 Å². The third-order valence-electron chi connectivity index (χ3n) is 5.14. The predicted octanol–water partition coefficient (Wildman–Crippen LogP) is 3.88. The number of carbonyl (C=O) groups is 1. The molecule has 0 spiro atoms. The summed E-state index contributed by atoms with van der Waals surface area (Å²) in [5.74, 6) is -0.0665. The van der Waals surface area contributed by atoms with E-state index in [2.05, 4.69) is 16.0 Å². The number of pyridine rings is 1. The highest BCUT2D eigenvalue weighted by atomic mass is 19.1. The molecule has 0 aliphatic carbocycles. The number of hydrogen-bond acceptors (Lipinski definition) is 3. The van der Waals surface area contributed by atoms with Crippen LogP contribution in [0, 0.1) is 5.82 Å². The molecular formula is C21H22FN3O2. The number of benzene rings is 1. The minimum Gasteiger partial charge on any atom is -0.478 e. The minimum absolute atomic E-state index is 0.102. The van der Waals surface area contributed by atoms with Crippen LogP contribution in [0.1, 0.15) is 31.4 Å². The number of ether oxygens (including phenoxy) is 1. The van der Waals surface area contributed by atoms with Crippen LogP contribution in [0.3, 0.4) is 0 Å². The molecule has 1 aromatic carbocycles. The smallest absolute Gasteiger partial charge is 0.263 e. The average Bonchev–Trinajstić information content (AvgIpc) is 3.13. The molecule has 0 saturated carbocycles. The van der Waals surface area contributed by atoms with Crippen molar-refractivity contribution >= 4 is 16.9 Å². The molecule has 0 radical (unpaired) electrons. The predicted molar refractivity (Wildman–Crippen MR) is 101 cm³/mol. The van der Waals surface area contributed by atoms with Crippen LogP contribution in [0.5, 0.6) is 5.75 Å². The van der Waals surface area contributed by atoms with E-state index in [1.807, 2.05) is 17.0 Å². The zero-order valence-electron chi connectivity index (χ0n) is 15.2. The van der Waals surface area contributed by atoms with Crippen molar-refractivity contribution < 1.29 is 13.9 Å². The molecule has 27 heavy (non-hydrogen) atoms. The summed E-state index contributed by atoms with van der Waals surface area (Å²) in [6.07, 6.45) is 2.84. The van der Waals surface area contributed by atoms with Crippen molar-refractivity contribution in [2.75, 3.05) is 13.1 Å². The number of fused-ring (bicyclic) bond motifs is 1. The van der Waals surface area contributed by atoms with Gasteiger partial charge in [-0.2, -0.15) is 0 Å². The van der Waals surface area contributed by atoms with Gasteiger partial charge in [0, 0.05) is 30.9 Å². The highest BCUT2D eigenvalue weighted by Crippen LogP contribution is 2.30. The Hall–Kier alpha value is -2.89. The summed E-state index contributed by atoms with van der Waals surface area (Å²) in [6, 6.07) is 12.2. The lowest BCUT2D eigenvalue weighted by Crippen LogP contribution is -2.44. The lowest BCUT2D eigenvalue weighted by Gasteiger charge is -2.33. The van der Waals surface area contributed by atoms with Crippen molar-refractivity contribution in [3.63, 3.8) is 0 Å². The first kappa shape index (κ1) is 17.5. The van der Waals surface area contributed by atoms with Crippen LogP contribution < -0.4 is 4.74 Å². The standard InChI is InChI=1S/C21H22FN3O2/c1-14(27-20-7-3-2-5-16(20)22)21(26)25-11-8-15(9-12-25)18-13-19-17(24-18)6-4-10-23-19/h2-7,10,13-15,24H,8-9,11-12H2,1H3/t14-/m1/s1. The van der Waals surface area contributed by atoms with E-state index in [-0.39, 0.29) is 11.7 Å². The Morgan fingerprint density at radius 2 is 2.04 bits per heavy atom. The topological polar surface area (TPSA) is 58.2 Å². The van der Waals surface area contributed by atoms with Gasteiger partial charge in [-0.25, -0.2) is 4.39 Å². The summed E-state index contributed by atoms with van der Waals surface area (Å²) >= 11 is 0. The van der Waals surface area contributed by atoms with Gasteiger partial charge in [-0.1, -0.05) is 12.1 Å². The molecule has 1 N–H and O–H groups in total. The van der Waals surface area contributed by atoms with Gasteiger partial charge < -0.3 is 14.6 Å². The summed E-state index contributed by atoms with van der Waals surface area (Å²) in [6.45, 7) is 3.00. The molecule has 2 aromatic heterocycles. The molecule has 0 unspecified atom stereocenters. The Balaban J connectivity index is 1.36. The van der Waals surface area contributed by atoms with E-state index in [1.165, 1.54) is 17.8 Å². The van der Waals surface area contributed by atoms with Gasteiger partial charge in [0.05, 0.1) is 11.0 Å². The number of halogens is 1. The van der Waals surface area contributed by atoms with E-state index in [9.17, 15) is 9.18 Å². The van der Waals surface area contributed by atoms with Crippen LogP contribution in [0.2, 0.25) is 0 Å². The zero-order valence-corrected chi connectivity index (χ0v) is 15.2. The largest absolute Gasteiger partial charge is 0.478 e. The summed E-state index contributed by atoms with van der Waals surface area (Å²) in [5.41, 5.74) is 3.18. The van der Waals surface area contributed by atoms with E-state index in [1.54, 1.807) is 25.3 Å². The minimum atomic E-state index is -0.712. The highest BCUT2D eigenvalue weighted by molar-refractivity contribution is 5.81. The lowest BCUT2D eigenvalue weighted by molar-refractivity contribution is -0.139. The number of H-pyrrole nitrogens is 1. The third-order valence-corrected chi connectivity index (χ3v) is 5.14. The SMILES string of the molecule is C[C@@H](Oc1ccccc1F)C(=O)N1CCC(c2cc3ncccc3[nH]2)CC1. The maximum atomic E-state index is 13.7. The molecule has 3 aromatic rings. The Bertz CT molecular complexity index is 914. The number of amides is 1. The molecule has 140 valence electrons. The number of aromatic amines is 1.